The molecule has 1 aromatic carbocycles. The van der Waals surface area contributed by atoms with E-state index < -0.39 is 0 Å². The Bertz CT molecular complexity index is 467. The molecule has 0 bridgehead atoms. The Balaban J connectivity index is 1.91. The van der Waals surface area contributed by atoms with Crippen molar-refractivity contribution in [2.45, 2.75) is 19.1 Å². The first-order valence-corrected chi connectivity index (χ1v) is 7.65. The van der Waals surface area contributed by atoms with Gasteiger partial charge in [-0.1, -0.05) is 12.1 Å². The molecule has 122 valence electrons. The second kappa shape index (κ2) is 8.09. The van der Waals surface area contributed by atoms with Gasteiger partial charge in [0.1, 0.15) is 6.17 Å². The largest absolute Gasteiger partial charge is 0.324 e. The fourth-order valence-corrected chi connectivity index (χ4v) is 2.45. The molecule has 1 fully saturated rings. The first-order valence-electron chi connectivity index (χ1n) is 7.65. The summed E-state index contributed by atoms with van der Waals surface area (Å²) in [6, 6.07) is 8.00. The van der Waals surface area contributed by atoms with Crippen molar-refractivity contribution in [2.75, 3.05) is 38.7 Å². The van der Waals surface area contributed by atoms with Gasteiger partial charge in [0.2, 0.25) is 0 Å². The Hall–Kier alpha value is -1.67. The van der Waals surface area contributed by atoms with Crippen LogP contribution >= 0.6 is 0 Å². The zero-order chi connectivity index (χ0) is 15.9. The summed E-state index contributed by atoms with van der Waals surface area (Å²) < 4.78 is 0. The number of nitrogens with one attached hydrogen (secondary N) is 2. The minimum absolute atomic E-state index is 0.279. The van der Waals surface area contributed by atoms with Crippen molar-refractivity contribution in [1.82, 2.24) is 15.2 Å². The van der Waals surface area contributed by atoms with Gasteiger partial charge in [0, 0.05) is 51.2 Å². The third-order valence-corrected chi connectivity index (χ3v) is 4.01. The van der Waals surface area contributed by atoms with Gasteiger partial charge in [0.05, 0.1) is 0 Å². The number of piperazine rings is 1. The zero-order valence-corrected chi connectivity index (χ0v) is 13.4. The van der Waals surface area contributed by atoms with Crippen LogP contribution in [0.1, 0.15) is 18.7 Å². The van der Waals surface area contributed by atoms with Crippen LogP contribution in [0.5, 0.6) is 0 Å². The van der Waals surface area contributed by atoms with Crippen molar-refractivity contribution < 1.29 is 0 Å². The number of hydrogen-bond donors (Lipinski definition) is 4. The van der Waals surface area contributed by atoms with E-state index in [1.54, 1.807) is 5.01 Å². The van der Waals surface area contributed by atoms with Crippen LogP contribution in [0.3, 0.4) is 0 Å². The highest BCUT2D eigenvalue weighted by Crippen LogP contribution is 2.16. The van der Waals surface area contributed by atoms with E-state index in [-0.39, 0.29) is 6.17 Å². The lowest BCUT2D eigenvalue weighted by Gasteiger charge is -2.31. The van der Waals surface area contributed by atoms with Crippen LogP contribution in [0, 0.1) is 0 Å². The number of nitrogen functional groups attached to an aromatic ring is 1. The van der Waals surface area contributed by atoms with E-state index in [9.17, 15) is 0 Å². The van der Waals surface area contributed by atoms with Crippen molar-refractivity contribution in [3.05, 3.63) is 29.8 Å². The summed E-state index contributed by atoms with van der Waals surface area (Å²) in [5, 5.41) is 9.63. The van der Waals surface area contributed by atoms with Gasteiger partial charge in [-0.15, -0.1) is 0 Å². The van der Waals surface area contributed by atoms with Gasteiger partial charge >= 0.3 is 0 Å². The summed E-state index contributed by atoms with van der Waals surface area (Å²) in [5.74, 6) is 5.36. The van der Waals surface area contributed by atoms with Gasteiger partial charge in [-0.25, -0.2) is 0 Å². The second-order valence-electron chi connectivity index (χ2n) is 5.58. The van der Waals surface area contributed by atoms with Gasteiger partial charge < -0.3 is 16.5 Å². The highest BCUT2D eigenvalue weighted by Gasteiger charge is 2.15. The molecule has 1 heterocycles. The molecule has 22 heavy (non-hydrogen) atoms. The molecule has 1 aliphatic rings. The van der Waals surface area contributed by atoms with E-state index in [1.807, 2.05) is 37.5 Å². The Morgan fingerprint density at radius 3 is 2.55 bits per heavy atom. The molecule has 1 saturated heterocycles. The molecule has 2 unspecified atom stereocenters. The molecule has 0 saturated carbocycles. The molecule has 0 radical (unpaired) electrons. The molecule has 1 aromatic rings. The number of rotatable bonds is 6. The molecule has 0 aliphatic carbocycles. The Morgan fingerprint density at radius 2 is 1.95 bits per heavy atom. The number of nitrogens with zero attached hydrogens (tertiary/aromatic N) is 3. The van der Waals surface area contributed by atoms with E-state index in [4.69, 9.17) is 11.6 Å². The normalized spacial score (nSPS) is 19.1. The topological polar surface area (TPSA) is 94.9 Å². The van der Waals surface area contributed by atoms with Crippen LogP contribution in [0.15, 0.2) is 29.4 Å². The summed E-state index contributed by atoms with van der Waals surface area (Å²) in [6.45, 7) is 6.34. The molecule has 7 heteroatoms. The van der Waals surface area contributed by atoms with Crippen LogP contribution in [0.25, 0.3) is 0 Å². The molecular weight excluding hydrogens is 278 g/mol. The number of anilines is 1. The van der Waals surface area contributed by atoms with Crippen molar-refractivity contribution in [1.29, 1.82) is 0 Å². The zero-order valence-electron chi connectivity index (χ0n) is 13.4. The molecule has 0 aromatic heterocycles. The number of hydrogen-bond acceptors (Lipinski definition) is 7. The molecule has 7 nitrogen and oxygen atoms in total. The van der Waals surface area contributed by atoms with E-state index in [0.717, 1.165) is 37.4 Å². The predicted octanol–water partition coefficient (Wildman–Crippen LogP) is 0.141. The molecule has 2 atom stereocenters. The first kappa shape index (κ1) is 16.7. The summed E-state index contributed by atoms with van der Waals surface area (Å²) >= 11 is 0. The number of hydrazone groups is 1. The third kappa shape index (κ3) is 4.41. The summed E-state index contributed by atoms with van der Waals surface area (Å²) in [4.78, 5) is 2.40. The molecule has 1 aliphatic heterocycles. The van der Waals surface area contributed by atoms with E-state index in [1.165, 1.54) is 0 Å². The number of nitrogens with two attached hydrogens (primary N) is 2. The third-order valence-electron chi connectivity index (χ3n) is 4.01. The smallest absolute Gasteiger partial charge is 0.119 e. The lowest BCUT2D eigenvalue weighted by molar-refractivity contribution is 0.219. The minimum atomic E-state index is -0.279. The fraction of sp³-hybridized carbons (Fsp3) is 0.533. The van der Waals surface area contributed by atoms with E-state index in [0.29, 0.717) is 6.04 Å². The van der Waals surface area contributed by atoms with Gasteiger partial charge in [-0.05, 0) is 24.6 Å². The highest BCUT2D eigenvalue weighted by atomic mass is 15.5. The molecule has 0 amide bonds. The summed E-state index contributed by atoms with van der Waals surface area (Å²) in [5.41, 5.74) is 10.7. The van der Waals surface area contributed by atoms with Gasteiger partial charge in [-0.2, -0.15) is 5.10 Å². The van der Waals surface area contributed by atoms with Crippen molar-refractivity contribution >= 4 is 11.9 Å². The van der Waals surface area contributed by atoms with Crippen molar-refractivity contribution in [2.24, 2.45) is 16.7 Å². The number of benzene rings is 1. The lowest BCUT2D eigenvalue weighted by Crippen LogP contribution is -2.48. The Morgan fingerprint density at radius 1 is 1.32 bits per heavy atom. The minimum Gasteiger partial charge on any atom is -0.324 e. The summed E-state index contributed by atoms with van der Waals surface area (Å²) in [6.07, 6.45) is 1.68. The van der Waals surface area contributed by atoms with Gasteiger partial charge in [-0.3, -0.25) is 15.8 Å². The van der Waals surface area contributed by atoms with Crippen LogP contribution in [-0.2, 0) is 0 Å². The fourth-order valence-electron chi connectivity index (χ4n) is 2.45. The number of hydrazine groups is 1. The lowest BCUT2D eigenvalue weighted by atomic mass is 10.1. The molecule has 6 N–H and O–H groups in total. The molecular formula is C15H27N7. The van der Waals surface area contributed by atoms with Gasteiger partial charge in [0.25, 0.3) is 0 Å². The van der Waals surface area contributed by atoms with Crippen LogP contribution < -0.4 is 22.3 Å². The van der Waals surface area contributed by atoms with Crippen molar-refractivity contribution in [3.8, 4) is 0 Å². The highest BCUT2D eigenvalue weighted by molar-refractivity contribution is 5.63. The maximum Gasteiger partial charge on any atom is 0.119 e. The average Bonchev–Trinajstić information content (AvgIpc) is 2.59. The quantitative estimate of drug-likeness (QED) is 0.258. The first-order chi connectivity index (χ1) is 10.6. The van der Waals surface area contributed by atoms with E-state index >= 15 is 0 Å². The standard InChI is InChI=1S/C15H27N7/c1-12(22-9-7-18-8-10-22)11-19-21(2)15(16)13-3-5-14(20-17)6-4-13/h3-6,11-12,15,18,20H,7-10,16-17H2,1-2H3/b19-11-. The Kier molecular flexibility index (Phi) is 6.14. The maximum atomic E-state index is 6.23. The van der Waals surface area contributed by atoms with Crippen LogP contribution in [0.2, 0.25) is 0 Å². The Labute approximate surface area is 132 Å². The predicted molar refractivity (Wildman–Crippen MR) is 91.3 cm³/mol. The molecule has 0 spiro atoms. The monoisotopic (exact) mass is 305 g/mol. The van der Waals surface area contributed by atoms with Crippen molar-refractivity contribution in [3.63, 3.8) is 0 Å². The van der Waals surface area contributed by atoms with Gasteiger partial charge in [0.15, 0.2) is 0 Å². The van der Waals surface area contributed by atoms with Crippen LogP contribution in [0.4, 0.5) is 5.69 Å². The maximum absolute atomic E-state index is 6.23. The van der Waals surface area contributed by atoms with E-state index in [2.05, 4.69) is 27.7 Å². The summed E-state index contributed by atoms with van der Waals surface area (Å²) in [7, 11) is 1.89. The second-order valence-corrected chi connectivity index (χ2v) is 5.58. The molecule has 2 rings (SSSR count). The SMILES string of the molecule is CC(/C=N\N(C)C(N)c1ccc(NN)cc1)N1CCNCC1. The average molecular weight is 305 g/mol. The van der Waals surface area contributed by atoms with Crippen LogP contribution in [-0.4, -0.2) is 55.4 Å².